The lowest BCUT2D eigenvalue weighted by molar-refractivity contribution is -0.149. The number of hydrogen-bond donors (Lipinski definition) is 4. The molecular formula is C22H35F2N8O9P. The molecule has 20 heteroatoms. The zero-order valence-corrected chi connectivity index (χ0v) is 24.7. The number of ether oxygens (including phenoxy) is 3. The molecule has 0 saturated carbocycles. The topological polar surface area (TPSA) is 242 Å². The van der Waals surface area contributed by atoms with Gasteiger partial charge in [0.2, 0.25) is 12.0 Å². The number of alkyl halides is 2. The molecule has 0 aromatic carbocycles. The molecule has 1 saturated heterocycles. The lowest BCUT2D eigenvalue weighted by atomic mass is 10.1. The number of carbonyl (C=O) groups is 2. The van der Waals surface area contributed by atoms with E-state index in [1.165, 1.54) is 13.8 Å². The third-order valence-corrected chi connectivity index (χ3v) is 7.51. The summed E-state index contributed by atoms with van der Waals surface area (Å²) in [4.78, 5) is 42.6. The SMILES string of the molecule is CC(CC(=O)OC(C)C)NP(=O)(NC(C)C(=O)OC(C)C)OC[C@@]1(N=[N+]=[N-])O[C@@H](n2ccc(N)nc2=O)C(F)(F)[C@@H]1O. The monoisotopic (exact) mass is 624 g/mol. The fraction of sp³-hybridized carbons (Fsp3) is 0.727. The number of nitrogen functional groups attached to an aromatic ring is 1. The van der Waals surface area contributed by atoms with Crippen LogP contribution in [0.4, 0.5) is 14.6 Å². The van der Waals surface area contributed by atoms with Gasteiger partial charge in [-0.15, -0.1) is 0 Å². The summed E-state index contributed by atoms with van der Waals surface area (Å²) in [5.41, 5.74) is 10.3. The molecule has 0 amide bonds. The Bertz CT molecular complexity index is 1290. The highest BCUT2D eigenvalue weighted by atomic mass is 31.2. The van der Waals surface area contributed by atoms with Crippen LogP contribution in [0.25, 0.3) is 10.4 Å². The second kappa shape index (κ2) is 13.9. The zero-order valence-electron chi connectivity index (χ0n) is 23.8. The standard InChI is InChI=1S/C22H35F2N8O9P/c1-11(2)39-16(33)9-13(5)28-42(37,29-14(6)17(34)40-12(3)4)38-10-21(30-31-26)18(35)22(23,24)19(41-21)32-8-7-15(25)27-20(32)36/h7-8,11-14,18-19,35H,9-10H2,1-6H3,(H2,25,27,36)(H2,28,29,37)/t13?,14?,18-,19-,21-,42?/m1/s1. The highest BCUT2D eigenvalue weighted by molar-refractivity contribution is 7.54. The molecule has 1 fully saturated rings. The molecule has 1 aromatic heterocycles. The van der Waals surface area contributed by atoms with Crippen LogP contribution in [0.2, 0.25) is 0 Å². The van der Waals surface area contributed by atoms with Crippen LogP contribution in [0, 0.1) is 0 Å². The van der Waals surface area contributed by atoms with Gasteiger partial charge in [-0.2, -0.15) is 13.8 Å². The van der Waals surface area contributed by atoms with Crippen LogP contribution in [0.15, 0.2) is 22.2 Å². The van der Waals surface area contributed by atoms with E-state index in [1.54, 1.807) is 27.7 Å². The summed E-state index contributed by atoms with van der Waals surface area (Å²) in [5.74, 6) is -6.08. The fourth-order valence-electron chi connectivity index (χ4n) is 3.75. The van der Waals surface area contributed by atoms with Crippen molar-refractivity contribution in [1.29, 1.82) is 0 Å². The highest BCUT2D eigenvalue weighted by Crippen LogP contribution is 2.50. The third kappa shape index (κ3) is 8.67. The quantitative estimate of drug-likeness (QED) is 0.0758. The molecule has 42 heavy (non-hydrogen) atoms. The molecule has 2 heterocycles. The molecule has 0 radical (unpaired) electrons. The van der Waals surface area contributed by atoms with E-state index in [4.69, 9.17) is 30.0 Å². The number of anilines is 1. The first kappa shape index (κ1) is 35.0. The molecule has 1 aromatic rings. The Morgan fingerprint density at radius 1 is 1.26 bits per heavy atom. The van der Waals surface area contributed by atoms with Gasteiger partial charge in [-0.3, -0.25) is 18.7 Å². The van der Waals surface area contributed by atoms with Crippen molar-refractivity contribution in [1.82, 2.24) is 19.7 Å². The van der Waals surface area contributed by atoms with E-state index in [9.17, 15) is 24.1 Å². The number of aliphatic hydroxyl groups excluding tert-OH is 1. The summed E-state index contributed by atoms with van der Waals surface area (Å²) in [6.45, 7) is 7.79. The molecule has 0 aliphatic carbocycles. The first-order valence-corrected chi connectivity index (χ1v) is 14.3. The number of nitrogens with zero attached hydrogens (tertiary/aromatic N) is 5. The van der Waals surface area contributed by atoms with E-state index < -0.39 is 80.2 Å². The van der Waals surface area contributed by atoms with Crippen LogP contribution in [0.3, 0.4) is 0 Å². The zero-order chi connectivity index (χ0) is 32.0. The fourth-order valence-corrected chi connectivity index (χ4v) is 5.63. The third-order valence-electron chi connectivity index (χ3n) is 5.51. The minimum atomic E-state index is -4.54. The van der Waals surface area contributed by atoms with E-state index >= 15 is 8.78 Å². The van der Waals surface area contributed by atoms with Gasteiger partial charge >= 0.3 is 31.2 Å². The van der Waals surface area contributed by atoms with Gasteiger partial charge in [-0.25, -0.2) is 15.0 Å². The number of rotatable bonds is 14. The molecule has 17 nitrogen and oxygen atoms in total. The minimum absolute atomic E-state index is 0.280. The van der Waals surface area contributed by atoms with E-state index in [2.05, 4.69) is 25.2 Å². The van der Waals surface area contributed by atoms with Gasteiger partial charge in [0.25, 0.3) is 0 Å². The van der Waals surface area contributed by atoms with E-state index in [1.807, 2.05) is 0 Å². The highest BCUT2D eigenvalue weighted by Gasteiger charge is 2.67. The molecule has 6 atom stereocenters. The van der Waals surface area contributed by atoms with Gasteiger partial charge in [0.1, 0.15) is 11.9 Å². The maximum absolute atomic E-state index is 15.3. The van der Waals surface area contributed by atoms with Crippen molar-refractivity contribution in [2.75, 3.05) is 12.3 Å². The van der Waals surface area contributed by atoms with Crippen molar-refractivity contribution in [2.45, 2.75) is 96.2 Å². The van der Waals surface area contributed by atoms with E-state index in [0.717, 1.165) is 12.3 Å². The maximum Gasteiger partial charge on any atom is 0.351 e. The Kier molecular flexibility index (Phi) is 11.6. The second-order valence-corrected chi connectivity index (χ2v) is 11.9. The predicted molar refractivity (Wildman–Crippen MR) is 142 cm³/mol. The molecular weight excluding hydrogens is 589 g/mol. The average Bonchev–Trinajstić information content (AvgIpc) is 3.03. The van der Waals surface area contributed by atoms with Gasteiger partial charge in [-0.1, -0.05) is 5.11 Å². The van der Waals surface area contributed by atoms with Crippen molar-refractivity contribution < 1.29 is 46.8 Å². The molecule has 0 bridgehead atoms. The smallest absolute Gasteiger partial charge is 0.351 e. The van der Waals surface area contributed by atoms with Crippen molar-refractivity contribution in [3.8, 4) is 0 Å². The molecule has 1 aliphatic heterocycles. The first-order valence-electron chi connectivity index (χ1n) is 12.7. The maximum atomic E-state index is 15.3. The summed E-state index contributed by atoms with van der Waals surface area (Å²) < 4.78 is 65.5. The van der Waals surface area contributed by atoms with Crippen LogP contribution in [-0.4, -0.2) is 75.2 Å². The summed E-state index contributed by atoms with van der Waals surface area (Å²) in [6, 6.07) is -1.23. The van der Waals surface area contributed by atoms with Crippen molar-refractivity contribution >= 4 is 25.4 Å². The van der Waals surface area contributed by atoms with Gasteiger partial charge < -0.3 is 29.6 Å². The Balaban J connectivity index is 2.42. The summed E-state index contributed by atoms with van der Waals surface area (Å²) in [5, 5.41) is 18.6. The number of carbonyl (C=O) groups excluding carboxylic acids is 2. The Labute approximate surface area is 239 Å². The molecule has 3 unspecified atom stereocenters. The first-order chi connectivity index (χ1) is 19.4. The number of aromatic nitrogens is 2. The Morgan fingerprint density at radius 2 is 1.88 bits per heavy atom. The number of esters is 2. The van der Waals surface area contributed by atoms with Crippen LogP contribution in [-0.2, 0) is 32.9 Å². The summed E-state index contributed by atoms with van der Waals surface area (Å²) in [7, 11) is -4.54. The lowest BCUT2D eigenvalue weighted by Gasteiger charge is -2.31. The van der Waals surface area contributed by atoms with Crippen molar-refractivity contribution in [3.05, 3.63) is 33.2 Å². The molecule has 2 rings (SSSR count). The second-order valence-electron chi connectivity index (χ2n) is 10.1. The Morgan fingerprint density at radius 3 is 2.43 bits per heavy atom. The normalized spacial score (nSPS) is 24.5. The van der Waals surface area contributed by atoms with Gasteiger partial charge in [0.05, 0.1) is 25.2 Å². The van der Waals surface area contributed by atoms with Gasteiger partial charge in [0, 0.05) is 17.2 Å². The molecule has 236 valence electrons. The lowest BCUT2D eigenvalue weighted by Crippen LogP contribution is -2.49. The van der Waals surface area contributed by atoms with Crippen LogP contribution in [0.1, 0.15) is 54.2 Å². The van der Waals surface area contributed by atoms with Crippen LogP contribution >= 0.6 is 7.67 Å². The van der Waals surface area contributed by atoms with Gasteiger partial charge in [0.15, 0.2) is 6.10 Å². The molecule has 0 spiro atoms. The number of nitrogens with two attached hydrogens (primary N) is 1. The number of nitrogens with one attached hydrogen (secondary N) is 2. The Hall–Kier alpha value is -3.18. The number of hydrogen-bond acceptors (Lipinski definition) is 12. The van der Waals surface area contributed by atoms with Crippen LogP contribution < -0.4 is 21.6 Å². The minimum Gasteiger partial charge on any atom is -0.463 e. The largest absolute Gasteiger partial charge is 0.463 e. The van der Waals surface area contributed by atoms with Crippen LogP contribution in [0.5, 0.6) is 0 Å². The van der Waals surface area contributed by atoms with Crippen molar-refractivity contribution in [3.63, 3.8) is 0 Å². The average molecular weight is 625 g/mol. The molecule has 5 N–H and O–H groups in total. The van der Waals surface area contributed by atoms with E-state index in [-0.39, 0.29) is 12.2 Å². The number of azide groups is 1. The summed E-state index contributed by atoms with van der Waals surface area (Å²) >= 11 is 0. The summed E-state index contributed by atoms with van der Waals surface area (Å²) in [6.07, 6.45) is -5.96. The molecule has 1 aliphatic rings. The number of halogens is 2. The van der Waals surface area contributed by atoms with Gasteiger partial charge in [-0.05, 0) is 53.1 Å². The number of aliphatic hydroxyl groups is 1. The van der Waals surface area contributed by atoms with E-state index in [0.29, 0.717) is 4.57 Å². The predicted octanol–water partition coefficient (Wildman–Crippen LogP) is 1.73. The van der Waals surface area contributed by atoms with Crippen molar-refractivity contribution in [2.24, 2.45) is 5.11 Å².